The third kappa shape index (κ3) is 3.95. The van der Waals surface area contributed by atoms with Crippen molar-refractivity contribution >= 4 is 0 Å². The molecule has 3 atom stereocenters. The lowest BCUT2D eigenvalue weighted by atomic mass is 9.71. The summed E-state index contributed by atoms with van der Waals surface area (Å²) in [6.45, 7) is 5.29. The fraction of sp³-hybridized carbons (Fsp3) is 1.00. The van der Waals surface area contributed by atoms with E-state index in [1.165, 1.54) is 64.2 Å². The molecule has 0 heterocycles. The highest BCUT2D eigenvalue weighted by Crippen LogP contribution is 2.40. The number of hydrogen-bond donors (Lipinski definition) is 1. The van der Waals surface area contributed by atoms with Gasteiger partial charge < -0.3 is 10.5 Å². The van der Waals surface area contributed by atoms with Crippen molar-refractivity contribution in [2.45, 2.75) is 89.7 Å². The Balaban J connectivity index is 1.96. The molecule has 112 valence electrons. The van der Waals surface area contributed by atoms with E-state index in [4.69, 9.17) is 10.5 Å². The molecule has 0 spiro atoms. The van der Waals surface area contributed by atoms with Crippen LogP contribution in [-0.2, 0) is 4.74 Å². The highest BCUT2D eigenvalue weighted by molar-refractivity contribution is 4.96. The van der Waals surface area contributed by atoms with Gasteiger partial charge in [-0.05, 0) is 38.0 Å². The highest BCUT2D eigenvalue weighted by Gasteiger charge is 2.41. The van der Waals surface area contributed by atoms with Crippen LogP contribution in [0.3, 0.4) is 0 Å². The Labute approximate surface area is 119 Å². The first kappa shape index (κ1) is 15.3. The van der Waals surface area contributed by atoms with E-state index in [0.717, 1.165) is 18.4 Å². The maximum absolute atomic E-state index is 6.64. The number of ether oxygens (including phenoxy) is 1. The number of rotatable bonds is 5. The molecule has 2 aliphatic rings. The van der Waals surface area contributed by atoms with Gasteiger partial charge in [-0.15, -0.1) is 0 Å². The molecular weight excluding hydrogens is 234 g/mol. The van der Waals surface area contributed by atoms with Crippen molar-refractivity contribution in [2.75, 3.05) is 6.61 Å². The van der Waals surface area contributed by atoms with Gasteiger partial charge in [0, 0.05) is 12.6 Å². The Morgan fingerprint density at radius 1 is 1.16 bits per heavy atom. The molecule has 2 heteroatoms. The van der Waals surface area contributed by atoms with Crippen molar-refractivity contribution in [3.05, 3.63) is 0 Å². The fourth-order valence-electron chi connectivity index (χ4n) is 4.40. The molecule has 0 radical (unpaired) electrons. The molecule has 0 aromatic rings. The summed E-state index contributed by atoms with van der Waals surface area (Å²) in [6.07, 6.45) is 13.2. The molecule has 2 nitrogen and oxygen atoms in total. The van der Waals surface area contributed by atoms with Crippen LogP contribution < -0.4 is 5.73 Å². The second-order valence-electron chi connectivity index (χ2n) is 7.05. The lowest BCUT2D eigenvalue weighted by Crippen LogP contribution is -2.53. The molecule has 0 aliphatic heterocycles. The molecule has 2 fully saturated rings. The largest absolute Gasteiger partial charge is 0.374 e. The molecular formula is C17H33NO. The Morgan fingerprint density at radius 2 is 1.89 bits per heavy atom. The number of hydrogen-bond acceptors (Lipinski definition) is 2. The zero-order valence-electron chi connectivity index (χ0n) is 13.0. The van der Waals surface area contributed by atoms with Gasteiger partial charge in [0.1, 0.15) is 0 Å². The Bertz CT molecular complexity index is 258. The standard InChI is InChI=1S/C17H33NO/c1-3-19-17(11-7-8-14(2)13-17)16(18)12-15-9-5-4-6-10-15/h14-16H,3-13,18H2,1-2H3. The van der Waals surface area contributed by atoms with Gasteiger partial charge in [0.05, 0.1) is 5.60 Å². The molecule has 2 aliphatic carbocycles. The highest BCUT2D eigenvalue weighted by atomic mass is 16.5. The molecule has 19 heavy (non-hydrogen) atoms. The van der Waals surface area contributed by atoms with Gasteiger partial charge in [-0.25, -0.2) is 0 Å². The molecule has 0 saturated heterocycles. The lowest BCUT2D eigenvalue weighted by Gasteiger charge is -2.45. The monoisotopic (exact) mass is 267 g/mol. The average Bonchev–Trinajstić information content (AvgIpc) is 2.40. The quantitative estimate of drug-likeness (QED) is 0.807. The van der Waals surface area contributed by atoms with Gasteiger partial charge in [0.2, 0.25) is 0 Å². The Kier molecular flexibility index (Phi) is 5.70. The smallest absolute Gasteiger partial charge is 0.0835 e. The van der Waals surface area contributed by atoms with Gasteiger partial charge >= 0.3 is 0 Å². The first-order valence-electron chi connectivity index (χ1n) is 8.56. The van der Waals surface area contributed by atoms with Crippen LogP contribution in [0.15, 0.2) is 0 Å². The van der Waals surface area contributed by atoms with Crippen LogP contribution in [0.1, 0.15) is 78.1 Å². The van der Waals surface area contributed by atoms with Crippen LogP contribution >= 0.6 is 0 Å². The van der Waals surface area contributed by atoms with Crippen LogP contribution in [0.5, 0.6) is 0 Å². The van der Waals surface area contributed by atoms with Crippen molar-refractivity contribution in [1.29, 1.82) is 0 Å². The van der Waals surface area contributed by atoms with Gasteiger partial charge in [0.15, 0.2) is 0 Å². The second-order valence-corrected chi connectivity index (χ2v) is 7.05. The minimum absolute atomic E-state index is 0.0101. The molecule has 0 bridgehead atoms. The minimum atomic E-state index is -0.0101. The number of nitrogens with two attached hydrogens (primary N) is 1. The lowest BCUT2D eigenvalue weighted by molar-refractivity contribution is -0.0970. The van der Waals surface area contributed by atoms with Crippen LogP contribution in [0.4, 0.5) is 0 Å². The van der Waals surface area contributed by atoms with E-state index in [0.29, 0.717) is 0 Å². The molecule has 2 saturated carbocycles. The van der Waals surface area contributed by atoms with Crippen LogP contribution in [-0.4, -0.2) is 18.2 Å². The van der Waals surface area contributed by atoms with Gasteiger partial charge in [-0.1, -0.05) is 51.9 Å². The maximum atomic E-state index is 6.64. The normalized spacial score (nSPS) is 35.2. The van der Waals surface area contributed by atoms with Crippen molar-refractivity contribution < 1.29 is 4.74 Å². The van der Waals surface area contributed by atoms with Crippen LogP contribution in [0, 0.1) is 11.8 Å². The van der Waals surface area contributed by atoms with E-state index in [1.807, 2.05) is 0 Å². The summed E-state index contributed by atoms with van der Waals surface area (Å²) in [5, 5.41) is 0. The van der Waals surface area contributed by atoms with Gasteiger partial charge in [-0.3, -0.25) is 0 Å². The predicted octanol–water partition coefficient (Wildman–Crippen LogP) is 4.27. The zero-order valence-corrected chi connectivity index (χ0v) is 13.0. The van der Waals surface area contributed by atoms with Crippen LogP contribution in [0.25, 0.3) is 0 Å². The van der Waals surface area contributed by atoms with Crippen molar-refractivity contribution in [2.24, 2.45) is 17.6 Å². The third-order valence-corrected chi connectivity index (χ3v) is 5.41. The molecule has 0 aromatic carbocycles. The first-order chi connectivity index (χ1) is 9.16. The summed E-state index contributed by atoms with van der Waals surface area (Å²) in [5.74, 6) is 1.64. The van der Waals surface area contributed by atoms with Crippen LogP contribution in [0.2, 0.25) is 0 Å². The third-order valence-electron chi connectivity index (χ3n) is 5.41. The molecule has 0 aromatic heterocycles. The maximum Gasteiger partial charge on any atom is 0.0835 e. The summed E-state index contributed by atoms with van der Waals surface area (Å²) in [7, 11) is 0. The summed E-state index contributed by atoms with van der Waals surface area (Å²) in [4.78, 5) is 0. The first-order valence-corrected chi connectivity index (χ1v) is 8.56. The molecule has 2 rings (SSSR count). The van der Waals surface area contributed by atoms with E-state index in [1.54, 1.807) is 0 Å². The van der Waals surface area contributed by atoms with Crippen molar-refractivity contribution in [1.82, 2.24) is 0 Å². The fourth-order valence-corrected chi connectivity index (χ4v) is 4.40. The molecule has 2 N–H and O–H groups in total. The average molecular weight is 267 g/mol. The summed E-state index contributed by atoms with van der Waals surface area (Å²) in [5.41, 5.74) is 6.63. The van der Waals surface area contributed by atoms with Gasteiger partial charge in [-0.2, -0.15) is 0 Å². The van der Waals surface area contributed by atoms with E-state index in [-0.39, 0.29) is 11.6 Å². The SMILES string of the molecule is CCOC1(C(N)CC2CCCCC2)CCCC(C)C1. The Hall–Kier alpha value is -0.0800. The van der Waals surface area contributed by atoms with E-state index < -0.39 is 0 Å². The predicted molar refractivity (Wildman–Crippen MR) is 81.2 cm³/mol. The minimum Gasteiger partial charge on any atom is -0.374 e. The van der Waals surface area contributed by atoms with E-state index in [2.05, 4.69) is 13.8 Å². The Morgan fingerprint density at radius 3 is 2.53 bits per heavy atom. The van der Waals surface area contributed by atoms with Gasteiger partial charge in [0.25, 0.3) is 0 Å². The van der Waals surface area contributed by atoms with E-state index >= 15 is 0 Å². The topological polar surface area (TPSA) is 35.2 Å². The molecule has 0 amide bonds. The van der Waals surface area contributed by atoms with Crippen molar-refractivity contribution in [3.8, 4) is 0 Å². The van der Waals surface area contributed by atoms with E-state index in [9.17, 15) is 0 Å². The van der Waals surface area contributed by atoms with Crippen molar-refractivity contribution in [3.63, 3.8) is 0 Å². The zero-order chi connectivity index (χ0) is 13.7. The molecule has 3 unspecified atom stereocenters. The summed E-state index contributed by atoms with van der Waals surface area (Å²) in [6, 6.07) is 0.248. The summed E-state index contributed by atoms with van der Waals surface area (Å²) >= 11 is 0. The summed E-state index contributed by atoms with van der Waals surface area (Å²) < 4.78 is 6.22. The second kappa shape index (κ2) is 7.08.